The summed E-state index contributed by atoms with van der Waals surface area (Å²) in [6, 6.07) is -0.0126. The largest absolute Gasteiger partial charge is 0.353 e. The number of piperazine rings is 1. The topological polar surface area (TPSA) is 45.2 Å². The van der Waals surface area contributed by atoms with E-state index in [-0.39, 0.29) is 11.9 Å². The third kappa shape index (κ3) is 3.52. The third-order valence-corrected chi connectivity index (χ3v) is 4.46. The molecule has 4 nitrogen and oxygen atoms in total. The number of rotatable bonds is 4. The third-order valence-electron chi connectivity index (χ3n) is 3.00. The molecule has 100 valence electrons. The predicted octanol–water partition coefficient (Wildman–Crippen LogP) is 2.25. The van der Waals surface area contributed by atoms with Crippen LogP contribution in [0.1, 0.15) is 25.3 Å². The molecule has 1 saturated heterocycles. The van der Waals surface area contributed by atoms with Crippen LogP contribution >= 0.6 is 27.3 Å². The summed E-state index contributed by atoms with van der Waals surface area (Å²) in [6.07, 6.45) is 2.72. The fraction of sp³-hybridized carbons (Fsp3) is 0.667. The van der Waals surface area contributed by atoms with Crippen LogP contribution in [-0.2, 0) is 11.3 Å². The van der Waals surface area contributed by atoms with Crippen molar-refractivity contribution in [2.75, 3.05) is 13.1 Å². The van der Waals surface area contributed by atoms with Crippen LogP contribution in [-0.4, -0.2) is 34.9 Å². The van der Waals surface area contributed by atoms with E-state index in [4.69, 9.17) is 0 Å². The maximum Gasteiger partial charge on any atom is 0.237 e. The molecule has 0 aliphatic carbocycles. The van der Waals surface area contributed by atoms with Crippen LogP contribution in [0.15, 0.2) is 9.98 Å². The van der Waals surface area contributed by atoms with Gasteiger partial charge >= 0.3 is 0 Å². The predicted molar refractivity (Wildman–Crippen MR) is 76.5 cm³/mol. The lowest BCUT2D eigenvalue weighted by atomic mass is 10.00. The van der Waals surface area contributed by atoms with Crippen molar-refractivity contribution in [3.63, 3.8) is 0 Å². The van der Waals surface area contributed by atoms with E-state index in [1.54, 1.807) is 11.3 Å². The Balaban J connectivity index is 2.05. The Morgan fingerprint density at radius 3 is 3.06 bits per heavy atom. The molecule has 0 spiro atoms. The van der Waals surface area contributed by atoms with Gasteiger partial charge in [-0.2, -0.15) is 0 Å². The molecule has 1 aromatic heterocycles. The van der Waals surface area contributed by atoms with Gasteiger partial charge < -0.3 is 5.32 Å². The highest BCUT2D eigenvalue weighted by Gasteiger charge is 2.30. The van der Waals surface area contributed by atoms with Crippen LogP contribution < -0.4 is 5.32 Å². The highest BCUT2D eigenvalue weighted by molar-refractivity contribution is 9.11. The van der Waals surface area contributed by atoms with Crippen molar-refractivity contribution >= 4 is 33.2 Å². The van der Waals surface area contributed by atoms with Crippen molar-refractivity contribution in [1.82, 2.24) is 15.2 Å². The molecular weight excluding hydrogens is 314 g/mol. The van der Waals surface area contributed by atoms with Crippen molar-refractivity contribution < 1.29 is 4.79 Å². The Morgan fingerprint density at radius 1 is 1.67 bits per heavy atom. The van der Waals surface area contributed by atoms with Crippen molar-refractivity contribution in [1.29, 1.82) is 0 Å². The van der Waals surface area contributed by atoms with Gasteiger partial charge in [-0.3, -0.25) is 9.69 Å². The molecule has 1 amide bonds. The van der Waals surface area contributed by atoms with Gasteiger partial charge in [0.05, 0.1) is 22.6 Å². The number of carbonyl (C=O) groups excluding carboxylic acids is 1. The first-order valence-corrected chi connectivity index (χ1v) is 7.79. The quantitative estimate of drug-likeness (QED) is 0.920. The van der Waals surface area contributed by atoms with E-state index < -0.39 is 0 Å². The molecule has 0 radical (unpaired) electrons. The summed E-state index contributed by atoms with van der Waals surface area (Å²) in [6.45, 7) is 6.71. The summed E-state index contributed by atoms with van der Waals surface area (Å²) in [5.74, 6) is 0.676. The normalized spacial score (nSPS) is 21.3. The second-order valence-electron chi connectivity index (χ2n) is 4.96. The van der Waals surface area contributed by atoms with E-state index in [1.807, 2.05) is 6.20 Å². The summed E-state index contributed by atoms with van der Waals surface area (Å²) in [7, 11) is 0. The van der Waals surface area contributed by atoms with Crippen molar-refractivity contribution in [2.24, 2.45) is 5.92 Å². The monoisotopic (exact) mass is 331 g/mol. The molecule has 18 heavy (non-hydrogen) atoms. The fourth-order valence-corrected chi connectivity index (χ4v) is 3.52. The fourth-order valence-electron chi connectivity index (χ4n) is 2.19. The van der Waals surface area contributed by atoms with Gasteiger partial charge in [-0.05, 0) is 28.3 Å². The maximum atomic E-state index is 12.0. The molecule has 2 rings (SSSR count). The molecule has 0 bridgehead atoms. The van der Waals surface area contributed by atoms with Crippen LogP contribution in [0.25, 0.3) is 0 Å². The zero-order valence-corrected chi connectivity index (χ0v) is 13.1. The zero-order chi connectivity index (χ0) is 13.1. The maximum absolute atomic E-state index is 12.0. The summed E-state index contributed by atoms with van der Waals surface area (Å²) in [5.41, 5.74) is 0. The second kappa shape index (κ2) is 6.12. The summed E-state index contributed by atoms with van der Waals surface area (Å²) in [5, 5.41) is 4.01. The number of carbonyl (C=O) groups is 1. The first-order chi connectivity index (χ1) is 8.56. The highest BCUT2D eigenvalue weighted by Crippen LogP contribution is 2.23. The average Bonchev–Trinajstić information content (AvgIpc) is 2.69. The number of aromatic nitrogens is 1. The lowest BCUT2D eigenvalue weighted by Gasteiger charge is -2.35. The number of nitrogens with one attached hydrogen (secondary N) is 1. The number of thiazole rings is 1. The van der Waals surface area contributed by atoms with Gasteiger partial charge in [-0.15, -0.1) is 11.3 Å². The number of amides is 1. The van der Waals surface area contributed by atoms with Gasteiger partial charge in [-0.1, -0.05) is 13.8 Å². The van der Waals surface area contributed by atoms with E-state index in [1.165, 1.54) is 0 Å². The molecule has 2 heterocycles. The van der Waals surface area contributed by atoms with Crippen LogP contribution in [0.5, 0.6) is 0 Å². The molecular formula is C12H18BrN3OS. The van der Waals surface area contributed by atoms with E-state index in [9.17, 15) is 4.79 Å². The summed E-state index contributed by atoms with van der Waals surface area (Å²) >= 11 is 5.06. The van der Waals surface area contributed by atoms with Gasteiger partial charge in [0, 0.05) is 13.1 Å². The van der Waals surface area contributed by atoms with E-state index in [0.717, 1.165) is 34.8 Å². The van der Waals surface area contributed by atoms with Gasteiger partial charge in [0.2, 0.25) is 5.91 Å². The first-order valence-electron chi connectivity index (χ1n) is 6.18. The summed E-state index contributed by atoms with van der Waals surface area (Å²) < 4.78 is 1.04. The SMILES string of the molecule is CC(C)C[C@H]1C(=O)NCCN1Cc1ncc(Br)s1. The first kappa shape index (κ1) is 14.0. The highest BCUT2D eigenvalue weighted by atomic mass is 79.9. The Labute approximate surface area is 120 Å². The number of hydrogen-bond donors (Lipinski definition) is 1. The van der Waals surface area contributed by atoms with Crippen molar-refractivity contribution in [2.45, 2.75) is 32.9 Å². The average molecular weight is 332 g/mol. The second-order valence-corrected chi connectivity index (χ2v) is 7.46. The van der Waals surface area contributed by atoms with E-state index in [2.05, 4.69) is 45.0 Å². The standard InChI is InChI=1S/C12H18BrN3OS/c1-8(2)5-9-12(17)14-3-4-16(9)7-11-15-6-10(13)18-11/h6,8-9H,3-5,7H2,1-2H3,(H,14,17)/t9-/m0/s1. The van der Waals surface area contributed by atoms with E-state index >= 15 is 0 Å². The van der Waals surface area contributed by atoms with Crippen LogP contribution in [0.2, 0.25) is 0 Å². The van der Waals surface area contributed by atoms with Crippen molar-refractivity contribution in [3.05, 3.63) is 15.0 Å². The molecule has 6 heteroatoms. The molecule has 1 N–H and O–H groups in total. The molecule has 1 atom stereocenters. The molecule has 1 fully saturated rings. The van der Waals surface area contributed by atoms with Crippen LogP contribution in [0, 0.1) is 5.92 Å². The summed E-state index contributed by atoms with van der Waals surface area (Å²) in [4.78, 5) is 18.5. The molecule has 1 aromatic rings. The lowest BCUT2D eigenvalue weighted by Crippen LogP contribution is -2.55. The molecule has 1 aliphatic rings. The van der Waals surface area contributed by atoms with Gasteiger partial charge in [0.15, 0.2) is 0 Å². The van der Waals surface area contributed by atoms with E-state index in [0.29, 0.717) is 5.92 Å². The van der Waals surface area contributed by atoms with Gasteiger partial charge in [0.1, 0.15) is 5.01 Å². The number of hydrogen-bond acceptors (Lipinski definition) is 4. The Bertz CT molecular complexity index is 421. The Hall–Kier alpha value is -0.460. The van der Waals surface area contributed by atoms with Crippen molar-refractivity contribution in [3.8, 4) is 0 Å². The molecule has 1 aliphatic heterocycles. The minimum atomic E-state index is -0.0126. The molecule has 0 saturated carbocycles. The minimum absolute atomic E-state index is 0.0126. The Morgan fingerprint density at radius 2 is 2.44 bits per heavy atom. The lowest BCUT2D eigenvalue weighted by molar-refractivity contribution is -0.130. The smallest absolute Gasteiger partial charge is 0.237 e. The van der Waals surface area contributed by atoms with Gasteiger partial charge in [0.25, 0.3) is 0 Å². The number of nitrogens with zero attached hydrogens (tertiary/aromatic N) is 2. The van der Waals surface area contributed by atoms with Crippen LogP contribution in [0.4, 0.5) is 0 Å². The molecule has 0 aromatic carbocycles. The zero-order valence-electron chi connectivity index (χ0n) is 10.6. The number of halogens is 1. The minimum Gasteiger partial charge on any atom is -0.353 e. The van der Waals surface area contributed by atoms with Gasteiger partial charge in [-0.25, -0.2) is 4.98 Å². The molecule has 0 unspecified atom stereocenters. The van der Waals surface area contributed by atoms with Crippen LogP contribution in [0.3, 0.4) is 0 Å². The Kier molecular flexibility index (Phi) is 4.75.